The predicted octanol–water partition coefficient (Wildman–Crippen LogP) is 5.03. The van der Waals surface area contributed by atoms with Gasteiger partial charge in [0.15, 0.2) is 6.61 Å². The highest BCUT2D eigenvalue weighted by molar-refractivity contribution is 6.32. The molecule has 3 aromatic carbocycles. The van der Waals surface area contributed by atoms with E-state index < -0.39 is 6.04 Å². The molecule has 0 heterocycles. The summed E-state index contributed by atoms with van der Waals surface area (Å²) in [5.41, 5.74) is 4.78. The number of halogens is 1. The lowest BCUT2D eigenvalue weighted by Crippen LogP contribution is -2.51. The molecule has 3 rings (SSSR count). The summed E-state index contributed by atoms with van der Waals surface area (Å²) in [6, 6.07) is 20.5. The summed E-state index contributed by atoms with van der Waals surface area (Å²) in [5, 5.41) is 3.41. The first-order valence-corrected chi connectivity index (χ1v) is 11.7. The first kappa shape index (κ1) is 25.3. The van der Waals surface area contributed by atoms with Crippen LogP contribution >= 0.6 is 11.6 Å². The number of carbonyl (C=O) groups excluding carboxylic acids is 2. The SMILES string of the molecule is CNC(=O)[C@H](Cc1ccccc1)N(Cc1ccccc1C)C(=O)COc1cc(C)c(Cl)c(C)c1. The van der Waals surface area contributed by atoms with Crippen LogP contribution in [0.5, 0.6) is 5.75 Å². The molecular formula is C28H31ClN2O3. The molecule has 6 heteroatoms. The van der Waals surface area contributed by atoms with Crippen molar-refractivity contribution in [3.63, 3.8) is 0 Å². The molecule has 0 aliphatic rings. The first-order chi connectivity index (χ1) is 16.3. The molecular weight excluding hydrogens is 448 g/mol. The molecule has 0 fully saturated rings. The standard InChI is InChI=1S/C28H31ClN2O3/c1-19-10-8-9-13-23(19)17-31(25(28(33)30-4)16-22-11-6-5-7-12-22)26(32)18-34-24-14-20(2)27(29)21(3)15-24/h5-15,25H,16-18H2,1-4H3,(H,30,33)/t25-/m0/s1. The molecule has 34 heavy (non-hydrogen) atoms. The summed E-state index contributed by atoms with van der Waals surface area (Å²) in [5.74, 6) is 0.0881. The van der Waals surface area contributed by atoms with Gasteiger partial charge in [0, 0.05) is 25.0 Å². The topological polar surface area (TPSA) is 58.6 Å². The summed E-state index contributed by atoms with van der Waals surface area (Å²) in [4.78, 5) is 28.1. The Balaban J connectivity index is 1.90. The van der Waals surface area contributed by atoms with E-state index in [1.165, 1.54) is 0 Å². The second-order valence-corrected chi connectivity index (χ2v) is 8.81. The van der Waals surface area contributed by atoms with E-state index >= 15 is 0 Å². The quantitative estimate of drug-likeness (QED) is 0.469. The zero-order valence-corrected chi connectivity index (χ0v) is 20.9. The summed E-state index contributed by atoms with van der Waals surface area (Å²) in [7, 11) is 1.59. The van der Waals surface area contributed by atoms with Crippen molar-refractivity contribution in [2.75, 3.05) is 13.7 Å². The molecule has 0 spiro atoms. The zero-order chi connectivity index (χ0) is 24.7. The fourth-order valence-electron chi connectivity index (χ4n) is 3.91. The highest BCUT2D eigenvalue weighted by Gasteiger charge is 2.30. The van der Waals surface area contributed by atoms with Crippen molar-refractivity contribution < 1.29 is 14.3 Å². The zero-order valence-electron chi connectivity index (χ0n) is 20.1. The summed E-state index contributed by atoms with van der Waals surface area (Å²) < 4.78 is 5.87. The number of carbonyl (C=O) groups is 2. The third-order valence-electron chi connectivity index (χ3n) is 5.89. The van der Waals surface area contributed by atoms with Gasteiger partial charge in [0.25, 0.3) is 5.91 Å². The van der Waals surface area contributed by atoms with Crippen LogP contribution in [0.1, 0.15) is 27.8 Å². The predicted molar refractivity (Wildman–Crippen MR) is 136 cm³/mol. The third kappa shape index (κ3) is 6.39. The Morgan fingerprint density at radius 3 is 2.18 bits per heavy atom. The molecule has 1 N–H and O–H groups in total. The van der Waals surface area contributed by atoms with Crippen LogP contribution in [0, 0.1) is 20.8 Å². The van der Waals surface area contributed by atoms with Gasteiger partial charge in [-0.15, -0.1) is 0 Å². The number of likely N-dealkylation sites (N-methyl/N-ethyl adjacent to an activating group) is 1. The van der Waals surface area contributed by atoms with Gasteiger partial charge < -0.3 is 15.0 Å². The van der Waals surface area contributed by atoms with E-state index in [9.17, 15) is 9.59 Å². The maximum Gasteiger partial charge on any atom is 0.261 e. The van der Waals surface area contributed by atoms with E-state index in [1.54, 1.807) is 11.9 Å². The van der Waals surface area contributed by atoms with Crippen LogP contribution < -0.4 is 10.1 Å². The van der Waals surface area contributed by atoms with Crippen molar-refractivity contribution in [2.24, 2.45) is 0 Å². The summed E-state index contributed by atoms with van der Waals surface area (Å²) >= 11 is 6.26. The minimum atomic E-state index is -0.684. The van der Waals surface area contributed by atoms with Gasteiger partial charge in [-0.3, -0.25) is 9.59 Å². The Labute approximate surface area is 206 Å². The Bertz CT molecular complexity index is 1120. The number of benzene rings is 3. The Hall–Kier alpha value is -3.31. The number of rotatable bonds is 9. The molecule has 0 bridgehead atoms. The molecule has 2 amide bonds. The molecule has 0 radical (unpaired) electrons. The van der Waals surface area contributed by atoms with E-state index in [0.29, 0.717) is 23.7 Å². The molecule has 1 atom stereocenters. The number of aryl methyl sites for hydroxylation is 3. The van der Waals surface area contributed by atoms with Gasteiger partial charge >= 0.3 is 0 Å². The number of nitrogens with zero attached hydrogens (tertiary/aromatic N) is 1. The van der Waals surface area contributed by atoms with Gasteiger partial charge in [0.2, 0.25) is 5.91 Å². The lowest BCUT2D eigenvalue weighted by molar-refractivity contribution is -0.142. The highest BCUT2D eigenvalue weighted by Crippen LogP contribution is 2.26. The van der Waals surface area contributed by atoms with Crippen LogP contribution in [0.3, 0.4) is 0 Å². The molecule has 0 aliphatic carbocycles. The van der Waals surface area contributed by atoms with Gasteiger partial charge in [-0.2, -0.15) is 0 Å². The molecule has 0 saturated carbocycles. The number of nitrogens with one attached hydrogen (secondary N) is 1. The van der Waals surface area contributed by atoms with E-state index in [-0.39, 0.29) is 18.4 Å². The van der Waals surface area contributed by atoms with Crippen LogP contribution in [0.25, 0.3) is 0 Å². The number of hydrogen-bond donors (Lipinski definition) is 1. The molecule has 178 valence electrons. The maximum absolute atomic E-state index is 13.5. The van der Waals surface area contributed by atoms with Crippen molar-refractivity contribution >= 4 is 23.4 Å². The van der Waals surface area contributed by atoms with Gasteiger partial charge in [-0.1, -0.05) is 66.2 Å². The third-order valence-corrected chi connectivity index (χ3v) is 6.49. The molecule has 5 nitrogen and oxygen atoms in total. The second kappa shape index (κ2) is 11.7. The fourth-order valence-corrected chi connectivity index (χ4v) is 4.02. The van der Waals surface area contributed by atoms with Crippen LogP contribution in [0.15, 0.2) is 66.7 Å². The number of hydrogen-bond acceptors (Lipinski definition) is 3. The largest absolute Gasteiger partial charge is 0.484 e. The van der Waals surface area contributed by atoms with E-state index in [0.717, 1.165) is 27.8 Å². The Morgan fingerprint density at radius 2 is 1.56 bits per heavy atom. The molecule has 0 aromatic heterocycles. The van der Waals surface area contributed by atoms with Gasteiger partial charge in [0.05, 0.1) is 0 Å². The number of amides is 2. The minimum Gasteiger partial charge on any atom is -0.484 e. The van der Waals surface area contributed by atoms with E-state index in [1.807, 2.05) is 87.5 Å². The average molecular weight is 479 g/mol. The normalized spacial score (nSPS) is 11.6. The van der Waals surface area contributed by atoms with E-state index in [4.69, 9.17) is 16.3 Å². The van der Waals surface area contributed by atoms with Crippen LogP contribution in [-0.2, 0) is 22.6 Å². The first-order valence-electron chi connectivity index (χ1n) is 11.3. The lowest BCUT2D eigenvalue weighted by atomic mass is 10.0. The summed E-state index contributed by atoms with van der Waals surface area (Å²) in [6.07, 6.45) is 0.400. The molecule has 0 saturated heterocycles. The minimum absolute atomic E-state index is 0.186. The van der Waals surface area contributed by atoms with Crippen molar-refractivity contribution in [2.45, 2.75) is 39.8 Å². The lowest BCUT2D eigenvalue weighted by Gasteiger charge is -2.31. The van der Waals surface area contributed by atoms with Crippen molar-refractivity contribution in [3.05, 3.63) is 99.6 Å². The van der Waals surface area contributed by atoms with Gasteiger partial charge in [0.1, 0.15) is 11.8 Å². The van der Waals surface area contributed by atoms with Gasteiger partial charge in [-0.05, 0) is 60.7 Å². The fraction of sp³-hybridized carbons (Fsp3) is 0.286. The second-order valence-electron chi connectivity index (χ2n) is 8.43. The van der Waals surface area contributed by atoms with Crippen molar-refractivity contribution in [1.82, 2.24) is 10.2 Å². The monoisotopic (exact) mass is 478 g/mol. The smallest absolute Gasteiger partial charge is 0.261 e. The van der Waals surface area contributed by atoms with E-state index in [2.05, 4.69) is 5.32 Å². The maximum atomic E-state index is 13.5. The Morgan fingerprint density at radius 1 is 0.941 bits per heavy atom. The van der Waals surface area contributed by atoms with Gasteiger partial charge in [-0.25, -0.2) is 0 Å². The van der Waals surface area contributed by atoms with Crippen LogP contribution in [-0.4, -0.2) is 36.4 Å². The van der Waals surface area contributed by atoms with Crippen LogP contribution in [0.4, 0.5) is 0 Å². The van der Waals surface area contributed by atoms with Crippen molar-refractivity contribution in [3.8, 4) is 5.75 Å². The van der Waals surface area contributed by atoms with Crippen molar-refractivity contribution in [1.29, 1.82) is 0 Å². The van der Waals surface area contributed by atoms with Crippen LogP contribution in [0.2, 0.25) is 5.02 Å². The molecule has 3 aromatic rings. The average Bonchev–Trinajstić information content (AvgIpc) is 2.84. The molecule has 0 unspecified atom stereocenters. The highest BCUT2D eigenvalue weighted by atomic mass is 35.5. The summed E-state index contributed by atoms with van der Waals surface area (Å²) in [6.45, 7) is 5.92. The number of ether oxygens (including phenoxy) is 1. The Kier molecular flexibility index (Phi) is 8.72. The molecule has 0 aliphatic heterocycles.